The van der Waals surface area contributed by atoms with Crippen molar-refractivity contribution in [1.29, 1.82) is 0 Å². The average molecular weight is 291 g/mol. The van der Waals surface area contributed by atoms with Gasteiger partial charge in [-0.2, -0.15) is 0 Å². The molecule has 1 amide bonds. The zero-order valence-corrected chi connectivity index (χ0v) is 12.9. The molecule has 5 heteroatoms. The van der Waals surface area contributed by atoms with Gasteiger partial charge in [-0.15, -0.1) is 0 Å². The molecule has 0 spiro atoms. The maximum absolute atomic E-state index is 12.4. The number of hydrogen-bond acceptors (Lipinski definition) is 4. The van der Waals surface area contributed by atoms with Crippen molar-refractivity contribution < 1.29 is 9.90 Å². The van der Waals surface area contributed by atoms with Crippen LogP contribution in [-0.2, 0) is 4.79 Å². The van der Waals surface area contributed by atoms with Crippen molar-refractivity contribution in [3.05, 3.63) is 24.3 Å². The number of aliphatic hydroxyl groups is 1. The Morgan fingerprint density at radius 2 is 2.00 bits per heavy atom. The second kappa shape index (κ2) is 6.45. The fourth-order valence-electron chi connectivity index (χ4n) is 2.62. The Bertz CT molecular complexity index is 485. The van der Waals surface area contributed by atoms with Crippen molar-refractivity contribution in [1.82, 2.24) is 4.90 Å². The summed E-state index contributed by atoms with van der Waals surface area (Å²) in [7, 11) is 1.78. The van der Waals surface area contributed by atoms with Crippen LogP contribution in [0.5, 0.6) is 0 Å². The normalized spacial score (nSPS) is 23.6. The number of likely N-dealkylation sites (N-methyl/N-ethyl adjacent to an activating group) is 1. The number of nitrogens with two attached hydrogens (primary N) is 1. The summed E-state index contributed by atoms with van der Waals surface area (Å²) in [5, 5.41) is 10.1. The van der Waals surface area contributed by atoms with E-state index in [4.69, 9.17) is 5.73 Å². The van der Waals surface area contributed by atoms with Crippen LogP contribution in [0.4, 0.5) is 11.4 Å². The number of hydrogen-bond donors (Lipinski definition) is 2. The number of likely N-dealkylation sites (tertiary alicyclic amines) is 1. The van der Waals surface area contributed by atoms with E-state index in [9.17, 15) is 9.90 Å². The van der Waals surface area contributed by atoms with Crippen LogP contribution >= 0.6 is 0 Å². The Kier molecular flexibility index (Phi) is 4.85. The van der Waals surface area contributed by atoms with Crippen LogP contribution in [0.1, 0.15) is 26.2 Å². The Labute approximate surface area is 126 Å². The molecular formula is C16H25N3O2. The number of amides is 1. The van der Waals surface area contributed by atoms with Crippen molar-refractivity contribution >= 4 is 17.3 Å². The zero-order valence-electron chi connectivity index (χ0n) is 12.9. The molecule has 0 radical (unpaired) electrons. The van der Waals surface area contributed by atoms with Crippen LogP contribution in [0.3, 0.4) is 0 Å². The van der Waals surface area contributed by atoms with Crippen LogP contribution in [-0.4, -0.2) is 48.2 Å². The Morgan fingerprint density at radius 1 is 1.33 bits per heavy atom. The molecule has 5 nitrogen and oxygen atoms in total. The molecule has 1 heterocycles. The monoisotopic (exact) mass is 291 g/mol. The first-order valence-electron chi connectivity index (χ1n) is 7.44. The minimum atomic E-state index is -0.597. The van der Waals surface area contributed by atoms with Crippen LogP contribution in [0.2, 0.25) is 0 Å². The summed E-state index contributed by atoms with van der Waals surface area (Å²) in [6.07, 6.45) is 2.43. The molecule has 1 aliphatic rings. The van der Waals surface area contributed by atoms with E-state index in [1.807, 2.05) is 19.1 Å². The third-order valence-corrected chi connectivity index (χ3v) is 4.17. The molecule has 116 valence electrons. The van der Waals surface area contributed by atoms with Gasteiger partial charge in [-0.3, -0.25) is 9.69 Å². The van der Waals surface area contributed by atoms with Crippen molar-refractivity contribution in [3.63, 3.8) is 0 Å². The molecule has 1 unspecified atom stereocenters. The fraction of sp³-hybridized carbons (Fsp3) is 0.562. The summed E-state index contributed by atoms with van der Waals surface area (Å²) in [5.74, 6) is 0.0568. The highest BCUT2D eigenvalue weighted by molar-refractivity contribution is 5.94. The molecule has 1 aromatic carbocycles. The first-order valence-corrected chi connectivity index (χ1v) is 7.44. The molecule has 0 bridgehead atoms. The molecule has 1 atom stereocenters. The summed E-state index contributed by atoms with van der Waals surface area (Å²) in [4.78, 5) is 16.1. The lowest BCUT2D eigenvalue weighted by molar-refractivity contribution is -0.119. The van der Waals surface area contributed by atoms with E-state index in [0.29, 0.717) is 18.7 Å². The predicted molar refractivity (Wildman–Crippen MR) is 85.2 cm³/mol. The molecule has 1 aromatic rings. The zero-order chi connectivity index (χ0) is 15.5. The number of nitrogen functional groups attached to an aromatic ring is 1. The molecule has 1 aliphatic heterocycles. The summed E-state index contributed by atoms with van der Waals surface area (Å²) >= 11 is 0. The number of benzene rings is 1. The van der Waals surface area contributed by atoms with Gasteiger partial charge in [0.2, 0.25) is 5.91 Å². The van der Waals surface area contributed by atoms with Gasteiger partial charge in [-0.1, -0.05) is 0 Å². The summed E-state index contributed by atoms with van der Waals surface area (Å²) < 4.78 is 0. The minimum Gasteiger partial charge on any atom is -0.399 e. The van der Waals surface area contributed by atoms with Crippen LogP contribution in [0.15, 0.2) is 24.3 Å². The van der Waals surface area contributed by atoms with E-state index in [2.05, 4.69) is 4.90 Å². The first kappa shape index (κ1) is 15.8. The second-order valence-electron chi connectivity index (χ2n) is 6.17. The molecule has 3 N–H and O–H groups in total. The smallest absolute Gasteiger partial charge is 0.240 e. The summed E-state index contributed by atoms with van der Waals surface area (Å²) in [6, 6.07) is 7.28. The number of anilines is 2. The van der Waals surface area contributed by atoms with Crippen molar-refractivity contribution in [2.75, 3.05) is 37.3 Å². The van der Waals surface area contributed by atoms with Gasteiger partial charge >= 0.3 is 0 Å². The van der Waals surface area contributed by atoms with E-state index in [1.54, 1.807) is 24.1 Å². The lowest BCUT2D eigenvalue weighted by Crippen LogP contribution is -2.39. The van der Waals surface area contributed by atoms with Gasteiger partial charge in [0.05, 0.1) is 12.1 Å². The highest BCUT2D eigenvalue weighted by Crippen LogP contribution is 2.21. The van der Waals surface area contributed by atoms with Crippen LogP contribution < -0.4 is 10.6 Å². The van der Waals surface area contributed by atoms with Gasteiger partial charge in [0.15, 0.2) is 0 Å². The van der Waals surface area contributed by atoms with Crippen molar-refractivity contribution in [3.8, 4) is 0 Å². The third-order valence-electron chi connectivity index (χ3n) is 4.17. The van der Waals surface area contributed by atoms with Crippen molar-refractivity contribution in [2.24, 2.45) is 0 Å². The molecule has 0 saturated carbocycles. The standard InChI is InChI=1S/C16H25N3O2/c1-16(21)8-3-10-19(11-9-16)12-15(20)18(2)14-6-4-13(17)5-7-14/h4-7,21H,3,8-12,17H2,1-2H3. The number of carbonyl (C=O) groups excluding carboxylic acids is 1. The molecule has 0 aromatic heterocycles. The Hall–Kier alpha value is -1.59. The van der Waals surface area contributed by atoms with E-state index >= 15 is 0 Å². The lowest BCUT2D eigenvalue weighted by atomic mass is 9.98. The van der Waals surface area contributed by atoms with E-state index in [-0.39, 0.29) is 5.91 Å². The number of carbonyl (C=O) groups is 1. The summed E-state index contributed by atoms with van der Waals surface area (Å²) in [6.45, 7) is 3.88. The topological polar surface area (TPSA) is 69.8 Å². The molecule has 2 rings (SSSR count). The molecule has 1 fully saturated rings. The van der Waals surface area contributed by atoms with Crippen molar-refractivity contribution in [2.45, 2.75) is 31.8 Å². The molecule has 1 saturated heterocycles. The number of nitrogens with zero attached hydrogens (tertiary/aromatic N) is 2. The van der Waals surface area contributed by atoms with Gasteiger partial charge in [0, 0.05) is 25.0 Å². The summed E-state index contributed by atoms with van der Waals surface area (Å²) in [5.41, 5.74) is 6.60. The van der Waals surface area contributed by atoms with E-state index in [1.165, 1.54) is 0 Å². The minimum absolute atomic E-state index is 0.0568. The lowest BCUT2D eigenvalue weighted by Gasteiger charge is -2.24. The first-order chi connectivity index (χ1) is 9.87. The Morgan fingerprint density at radius 3 is 2.67 bits per heavy atom. The van der Waals surface area contributed by atoms with Gasteiger partial charge in [0.25, 0.3) is 0 Å². The van der Waals surface area contributed by atoms with Gasteiger partial charge in [-0.05, 0) is 57.0 Å². The predicted octanol–water partition coefficient (Wildman–Crippen LogP) is 1.47. The fourth-order valence-corrected chi connectivity index (χ4v) is 2.62. The molecular weight excluding hydrogens is 266 g/mol. The average Bonchev–Trinajstić information content (AvgIpc) is 2.60. The van der Waals surface area contributed by atoms with Crippen LogP contribution in [0.25, 0.3) is 0 Å². The second-order valence-corrected chi connectivity index (χ2v) is 6.17. The van der Waals surface area contributed by atoms with Gasteiger partial charge in [0.1, 0.15) is 0 Å². The third kappa shape index (κ3) is 4.44. The molecule has 0 aliphatic carbocycles. The van der Waals surface area contributed by atoms with E-state index in [0.717, 1.165) is 31.6 Å². The maximum atomic E-state index is 12.4. The highest BCUT2D eigenvalue weighted by Gasteiger charge is 2.26. The quantitative estimate of drug-likeness (QED) is 0.827. The molecule has 21 heavy (non-hydrogen) atoms. The van der Waals surface area contributed by atoms with Crippen LogP contribution in [0, 0.1) is 0 Å². The van der Waals surface area contributed by atoms with E-state index < -0.39 is 5.60 Å². The SMILES string of the molecule is CN(C(=O)CN1CCCC(C)(O)CC1)c1ccc(N)cc1. The number of rotatable bonds is 3. The largest absolute Gasteiger partial charge is 0.399 e. The highest BCUT2D eigenvalue weighted by atomic mass is 16.3. The van der Waals surface area contributed by atoms with Gasteiger partial charge < -0.3 is 15.7 Å². The maximum Gasteiger partial charge on any atom is 0.240 e. The van der Waals surface area contributed by atoms with Gasteiger partial charge in [-0.25, -0.2) is 0 Å². The Balaban J connectivity index is 1.93.